The van der Waals surface area contributed by atoms with Gasteiger partial charge in [-0.25, -0.2) is 0 Å². The normalized spacial score (nSPS) is 12.4. The fourth-order valence-corrected chi connectivity index (χ4v) is 2.44. The van der Waals surface area contributed by atoms with Crippen molar-refractivity contribution in [2.45, 2.75) is 19.0 Å². The van der Waals surface area contributed by atoms with E-state index >= 15 is 0 Å². The van der Waals surface area contributed by atoms with Crippen LogP contribution < -0.4 is 5.32 Å². The number of carboxylic acids is 1. The smallest absolute Gasteiger partial charge is 0.321 e. The van der Waals surface area contributed by atoms with Gasteiger partial charge in [0.15, 0.2) is 0 Å². The molecule has 0 unspecified atom stereocenters. The molecule has 0 aliphatic carbocycles. The number of aromatic nitrogens is 2. The highest BCUT2D eigenvalue weighted by molar-refractivity contribution is 5.80. The van der Waals surface area contributed by atoms with Crippen LogP contribution in [-0.4, -0.2) is 27.1 Å². The summed E-state index contributed by atoms with van der Waals surface area (Å²) in [6.07, 6.45) is 2.10. The Bertz CT molecular complexity index is 735. The molecule has 0 fully saturated rings. The standard InChI is InChI=1S/C17H17N3O2/c21-17(22)16(19-11-13-6-3-4-8-18-13)10-14-9-12-5-1-2-7-15(12)20-14/h1-9,16,19-20H,10-11H2,(H,21,22)/t16-/m0/s1. The molecular formula is C17H17N3O2. The number of fused-ring (bicyclic) bond motifs is 1. The third kappa shape index (κ3) is 3.32. The largest absolute Gasteiger partial charge is 0.480 e. The fraction of sp³-hybridized carbons (Fsp3) is 0.176. The maximum absolute atomic E-state index is 11.4. The summed E-state index contributed by atoms with van der Waals surface area (Å²) in [5.41, 5.74) is 2.75. The molecule has 3 rings (SSSR count). The van der Waals surface area contributed by atoms with Gasteiger partial charge in [0.05, 0.1) is 5.69 Å². The molecular weight excluding hydrogens is 278 g/mol. The predicted molar refractivity (Wildman–Crippen MR) is 84.5 cm³/mol. The molecule has 0 saturated heterocycles. The number of aromatic amines is 1. The Morgan fingerprint density at radius 2 is 2.05 bits per heavy atom. The highest BCUT2D eigenvalue weighted by Gasteiger charge is 2.18. The molecule has 2 heterocycles. The van der Waals surface area contributed by atoms with Crippen LogP contribution in [0.25, 0.3) is 10.9 Å². The van der Waals surface area contributed by atoms with Crippen molar-refractivity contribution in [1.29, 1.82) is 0 Å². The van der Waals surface area contributed by atoms with Gasteiger partial charge in [-0.3, -0.25) is 15.1 Å². The third-order valence-electron chi connectivity index (χ3n) is 3.56. The summed E-state index contributed by atoms with van der Waals surface area (Å²) >= 11 is 0. The van der Waals surface area contributed by atoms with E-state index in [0.29, 0.717) is 13.0 Å². The Kier molecular flexibility index (Phi) is 4.16. The average molecular weight is 295 g/mol. The molecule has 0 radical (unpaired) electrons. The number of benzene rings is 1. The number of carboxylic acid groups (broad SMARTS) is 1. The van der Waals surface area contributed by atoms with Crippen molar-refractivity contribution in [3.05, 3.63) is 66.1 Å². The summed E-state index contributed by atoms with van der Waals surface area (Å²) < 4.78 is 0. The lowest BCUT2D eigenvalue weighted by Gasteiger charge is -2.13. The monoisotopic (exact) mass is 295 g/mol. The zero-order valence-corrected chi connectivity index (χ0v) is 12.0. The van der Waals surface area contributed by atoms with Crippen LogP contribution in [0.3, 0.4) is 0 Å². The van der Waals surface area contributed by atoms with E-state index in [-0.39, 0.29) is 0 Å². The molecule has 22 heavy (non-hydrogen) atoms. The topological polar surface area (TPSA) is 78.0 Å². The molecule has 5 nitrogen and oxygen atoms in total. The first-order valence-corrected chi connectivity index (χ1v) is 7.15. The Labute approximate surface area is 128 Å². The molecule has 0 amide bonds. The van der Waals surface area contributed by atoms with Gasteiger partial charge in [0, 0.05) is 30.4 Å². The lowest BCUT2D eigenvalue weighted by Crippen LogP contribution is -2.38. The van der Waals surface area contributed by atoms with Crippen LogP contribution in [0.2, 0.25) is 0 Å². The van der Waals surface area contributed by atoms with Gasteiger partial charge in [-0.15, -0.1) is 0 Å². The van der Waals surface area contributed by atoms with Gasteiger partial charge in [-0.2, -0.15) is 0 Å². The number of pyridine rings is 1. The quantitative estimate of drug-likeness (QED) is 0.652. The minimum atomic E-state index is -0.866. The number of carbonyl (C=O) groups is 1. The number of aliphatic carboxylic acids is 1. The summed E-state index contributed by atoms with van der Waals surface area (Å²) in [5, 5.41) is 13.5. The fourth-order valence-electron chi connectivity index (χ4n) is 2.44. The van der Waals surface area contributed by atoms with Crippen molar-refractivity contribution in [2.24, 2.45) is 0 Å². The molecule has 3 N–H and O–H groups in total. The van der Waals surface area contributed by atoms with E-state index in [4.69, 9.17) is 0 Å². The summed E-state index contributed by atoms with van der Waals surface area (Å²) in [6, 6.07) is 14.8. The van der Waals surface area contributed by atoms with Gasteiger partial charge in [-0.1, -0.05) is 24.3 Å². The average Bonchev–Trinajstić information content (AvgIpc) is 2.94. The maximum Gasteiger partial charge on any atom is 0.321 e. The summed E-state index contributed by atoms with van der Waals surface area (Å²) in [5.74, 6) is -0.866. The first-order valence-electron chi connectivity index (χ1n) is 7.15. The molecule has 0 saturated carbocycles. The first kappa shape index (κ1) is 14.3. The number of hydrogen-bond acceptors (Lipinski definition) is 3. The first-order chi connectivity index (χ1) is 10.7. The van der Waals surface area contributed by atoms with Gasteiger partial charge in [0.1, 0.15) is 6.04 Å². The van der Waals surface area contributed by atoms with Crippen molar-refractivity contribution in [3.8, 4) is 0 Å². The number of rotatable bonds is 6. The molecule has 1 atom stereocenters. The molecule has 1 aromatic carbocycles. The molecule has 112 valence electrons. The van der Waals surface area contributed by atoms with Crippen LogP contribution in [0.1, 0.15) is 11.4 Å². The Morgan fingerprint density at radius 3 is 2.77 bits per heavy atom. The van der Waals surface area contributed by atoms with Gasteiger partial charge >= 0.3 is 5.97 Å². The molecule has 3 aromatic rings. The number of hydrogen-bond donors (Lipinski definition) is 3. The second-order valence-corrected chi connectivity index (χ2v) is 5.18. The maximum atomic E-state index is 11.4. The third-order valence-corrected chi connectivity index (χ3v) is 3.56. The van der Waals surface area contributed by atoms with Crippen LogP contribution in [0.5, 0.6) is 0 Å². The minimum Gasteiger partial charge on any atom is -0.480 e. The van der Waals surface area contributed by atoms with E-state index < -0.39 is 12.0 Å². The van der Waals surface area contributed by atoms with E-state index in [1.165, 1.54) is 0 Å². The van der Waals surface area contributed by atoms with Crippen molar-refractivity contribution < 1.29 is 9.90 Å². The van der Waals surface area contributed by atoms with Crippen molar-refractivity contribution >= 4 is 16.9 Å². The number of H-pyrrole nitrogens is 1. The second kappa shape index (κ2) is 6.41. The zero-order chi connectivity index (χ0) is 15.4. The van der Waals surface area contributed by atoms with E-state index in [9.17, 15) is 9.90 Å². The van der Waals surface area contributed by atoms with Crippen molar-refractivity contribution in [1.82, 2.24) is 15.3 Å². The second-order valence-electron chi connectivity index (χ2n) is 5.18. The van der Waals surface area contributed by atoms with Crippen LogP contribution in [0, 0.1) is 0 Å². The van der Waals surface area contributed by atoms with Gasteiger partial charge in [0.2, 0.25) is 0 Å². The highest BCUT2D eigenvalue weighted by atomic mass is 16.4. The van der Waals surface area contributed by atoms with Crippen molar-refractivity contribution in [3.63, 3.8) is 0 Å². The number of nitrogens with one attached hydrogen (secondary N) is 2. The lowest BCUT2D eigenvalue weighted by molar-refractivity contribution is -0.139. The van der Waals surface area contributed by atoms with E-state index in [0.717, 1.165) is 22.3 Å². The summed E-state index contributed by atoms with van der Waals surface area (Å²) in [6.45, 7) is 0.429. The molecule has 0 bridgehead atoms. The zero-order valence-electron chi connectivity index (χ0n) is 12.0. The Morgan fingerprint density at radius 1 is 1.23 bits per heavy atom. The van der Waals surface area contributed by atoms with Crippen LogP contribution in [0.4, 0.5) is 0 Å². The van der Waals surface area contributed by atoms with Gasteiger partial charge < -0.3 is 10.1 Å². The lowest BCUT2D eigenvalue weighted by atomic mass is 10.1. The molecule has 0 aliphatic rings. The van der Waals surface area contributed by atoms with Crippen LogP contribution in [0.15, 0.2) is 54.7 Å². The van der Waals surface area contributed by atoms with E-state index in [1.807, 2.05) is 48.5 Å². The summed E-state index contributed by atoms with van der Waals surface area (Å²) in [7, 11) is 0. The SMILES string of the molecule is O=C(O)[C@H](Cc1cc2ccccc2[nH]1)NCc1ccccn1. The highest BCUT2D eigenvalue weighted by Crippen LogP contribution is 2.16. The molecule has 2 aromatic heterocycles. The Hall–Kier alpha value is -2.66. The Balaban J connectivity index is 1.70. The van der Waals surface area contributed by atoms with Crippen molar-refractivity contribution in [2.75, 3.05) is 0 Å². The molecule has 0 aliphatic heterocycles. The van der Waals surface area contributed by atoms with E-state index in [1.54, 1.807) is 6.20 Å². The number of para-hydroxylation sites is 1. The van der Waals surface area contributed by atoms with Crippen LogP contribution in [-0.2, 0) is 17.8 Å². The van der Waals surface area contributed by atoms with Crippen LogP contribution >= 0.6 is 0 Å². The predicted octanol–water partition coefficient (Wildman–Crippen LogP) is 2.35. The van der Waals surface area contributed by atoms with E-state index in [2.05, 4.69) is 15.3 Å². The van der Waals surface area contributed by atoms with Gasteiger partial charge in [0.25, 0.3) is 0 Å². The van der Waals surface area contributed by atoms with Gasteiger partial charge in [-0.05, 0) is 29.7 Å². The summed E-state index contributed by atoms with van der Waals surface area (Å²) in [4.78, 5) is 18.9. The number of nitrogens with zero attached hydrogens (tertiary/aromatic N) is 1. The molecule has 5 heteroatoms. The minimum absolute atomic E-state index is 0.400. The molecule has 0 spiro atoms.